The summed E-state index contributed by atoms with van der Waals surface area (Å²) in [5.41, 5.74) is 11.6. The zero-order valence-corrected chi connectivity index (χ0v) is 22.4. The normalized spacial score (nSPS) is 37.6. The molecule has 38 heavy (non-hydrogen) atoms. The molecule has 0 amide bonds. The molecule has 186 valence electrons. The van der Waals surface area contributed by atoms with Crippen LogP contribution in [0.5, 0.6) is 0 Å². The van der Waals surface area contributed by atoms with Gasteiger partial charge in [0.15, 0.2) is 0 Å². The van der Waals surface area contributed by atoms with E-state index in [1.54, 1.807) is 0 Å². The third-order valence-corrected chi connectivity index (χ3v) is 11.3. The summed E-state index contributed by atoms with van der Waals surface area (Å²) in [5, 5.41) is 0. The van der Waals surface area contributed by atoms with Gasteiger partial charge in [0.05, 0.1) is 0 Å². The van der Waals surface area contributed by atoms with Gasteiger partial charge >= 0.3 is 0 Å². The van der Waals surface area contributed by atoms with Gasteiger partial charge in [0.2, 0.25) is 0 Å². The molecule has 0 aromatic heterocycles. The van der Waals surface area contributed by atoms with E-state index in [0.29, 0.717) is 0 Å². The average Bonchev–Trinajstić information content (AvgIpc) is 3.57. The predicted octanol–water partition coefficient (Wildman–Crippen LogP) is 9.39. The molecule has 8 aliphatic carbocycles. The molecule has 0 heteroatoms. The Morgan fingerprint density at radius 3 is 0.947 bits per heavy atom. The lowest BCUT2D eigenvalue weighted by atomic mass is 9.52. The summed E-state index contributed by atoms with van der Waals surface area (Å²) >= 11 is 0. The molecule has 0 atom stereocenters. The minimum atomic E-state index is -0.0280. The van der Waals surface area contributed by atoms with Crippen LogP contribution in [-0.2, 0) is 0 Å². The van der Waals surface area contributed by atoms with E-state index >= 15 is 0 Å². The van der Waals surface area contributed by atoms with Crippen LogP contribution in [0.2, 0.25) is 0 Å². The monoisotopic (exact) mass is 490 g/mol. The Labute approximate surface area is 227 Å². The molecule has 0 aromatic rings. The molecule has 0 unspecified atom stereocenters. The van der Waals surface area contributed by atoms with E-state index in [0.717, 1.165) is 12.8 Å². The first-order chi connectivity index (χ1) is 18.5. The largest absolute Gasteiger partial charge is 0.0617 e. The first kappa shape index (κ1) is 22.4. The average molecular weight is 491 g/mol. The van der Waals surface area contributed by atoms with Gasteiger partial charge in [0, 0.05) is 21.7 Å². The Balaban J connectivity index is 1.16. The molecule has 0 heterocycles. The van der Waals surface area contributed by atoms with Crippen molar-refractivity contribution in [1.29, 1.82) is 0 Å². The van der Waals surface area contributed by atoms with Gasteiger partial charge in [0.1, 0.15) is 0 Å². The van der Waals surface area contributed by atoms with Gasteiger partial charge in [-0.2, -0.15) is 0 Å². The fraction of sp³-hybridized carbons (Fsp3) is 0.263. The third kappa shape index (κ3) is 2.39. The van der Waals surface area contributed by atoms with Crippen LogP contribution in [0.4, 0.5) is 0 Å². The first-order valence-electron chi connectivity index (χ1n) is 14.3. The van der Waals surface area contributed by atoms with Crippen LogP contribution in [0.25, 0.3) is 0 Å². The molecule has 0 nitrogen and oxygen atoms in total. The molecule has 8 rings (SSSR count). The van der Waals surface area contributed by atoms with E-state index in [1.807, 2.05) is 0 Å². The molecule has 8 aliphatic rings. The predicted molar refractivity (Wildman–Crippen MR) is 159 cm³/mol. The summed E-state index contributed by atoms with van der Waals surface area (Å²) in [6, 6.07) is 0. The highest BCUT2D eigenvalue weighted by atomic mass is 14.6. The number of rotatable bonds is 5. The number of hydrogen-bond donors (Lipinski definition) is 0. The second-order valence-electron chi connectivity index (χ2n) is 12.3. The molecule has 0 aromatic carbocycles. The van der Waals surface area contributed by atoms with Crippen molar-refractivity contribution in [2.75, 3.05) is 0 Å². The van der Waals surface area contributed by atoms with Crippen molar-refractivity contribution in [3.05, 3.63) is 166 Å². The third-order valence-electron chi connectivity index (χ3n) is 11.3. The van der Waals surface area contributed by atoms with Gasteiger partial charge < -0.3 is 0 Å². The minimum Gasteiger partial charge on any atom is -0.0617 e. The summed E-state index contributed by atoms with van der Waals surface area (Å²) in [6.45, 7) is 5.00. The SMILES string of the molecule is CC12C3=CC=C1C=CC=C1C=CC(=CC=C3)C12CCCCC12C3=CC=CC4=CC=C(C=CC=C1C=C3)C42C. The van der Waals surface area contributed by atoms with Gasteiger partial charge in [-0.3, -0.25) is 0 Å². The zero-order valence-electron chi connectivity index (χ0n) is 22.4. The first-order valence-corrected chi connectivity index (χ1v) is 14.3. The maximum atomic E-state index is 2.50. The van der Waals surface area contributed by atoms with Crippen LogP contribution in [0.3, 0.4) is 0 Å². The van der Waals surface area contributed by atoms with Crippen molar-refractivity contribution in [3.63, 3.8) is 0 Å². The van der Waals surface area contributed by atoms with Crippen LogP contribution >= 0.6 is 0 Å². The topological polar surface area (TPSA) is 0 Å². The number of allylic oxidation sites excluding steroid dienone is 28. The Morgan fingerprint density at radius 2 is 0.658 bits per heavy atom. The van der Waals surface area contributed by atoms with Crippen molar-refractivity contribution in [2.24, 2.45) is 21.7 Å². The lowest BCUT2D eigenvalue weighted by Gasteiger charge is -2.50. The molecular formula is C38H34. The maximum Gasteiger partial charge on any atom is 0.0337 e. The summed E-state index contributed by atoms with van der Waals surface area (Å²) in [6.07, 6.45) is 51.7. The van der Waals surface area contributed by atoms with Crippen LogP contribution in [0.15, 0.2) is 166 Å². The van der Waals surface area contributed by atoms with E-state index in [9.17, 15) is 0 Å². The second-order valence-corrected chi connectivity index (χ2v) is 12.3. The Morgan fingerprint density at radius 1 is 0.368 bits per heavy atom. The minimum absolute atomic E-state index is 0.00892. The summed E-state index contributed by atoms with van der Waals surface area (Å²) in [4.78, 5) is 0. The van der Waals surface area contributed by atoms with Gasteiger partial charge in [0.25, 0.3) is 0 Å². The van der Waals surface area contributed by atoms with Gasteiger partial charge in [-0.15, -0.1) is 0 Å². The highest BCUT2D eigenvalue weighted by Gasteiger charge is 2.59. The second kappa shape index (κ2) is 7.48. The molecule has 0 bridgehead atoms. The van der Waals surface area contributed by atoms with Crippen molar-refractivity contribution in [2.45, 2.75) is 39.5 Å². The van der Waals surface area contributed by atoms with Crippen molar-refractivity contribution >= 4 is 0 Å². The fourth-order valence-electron chi connectivity index (χ4n) is 9.32. The summed E-state index contributed by atoms with van der Waals surface area (Å²) in [5.74, 6) is 0. The molecule has 0 saturated heterocycles. The zero-order chi connectivity index (χ0) is 25.6. The standard InChI is InChI=1S/C38H34/c1-35-27-9-5-13-31-21-22-32(14-6-10-28(35)18-17-27)37(31,35)25-3-4-26-38-33-15-7-11-29-19-20-30(36(29,38)2)12-8-16-34(38)24-23-33/h5-24H,3-4,25-26H2,1-2H3. The van der Waals surface area contributed by atoms with Crippen molar-refractivity contribution < 1.29 is 0 Å². The van der Waals surface area contributed by atoms with E-state index < -0.39 is 0 Å². The molecule has 0 fully saturated rings. The quantitative estimate of drug-likeness (QED) is 0.337. The molecule has 0 aliphatic heterocycles. The van der Waals surface area contributed by atoms with Gasteiger partial charge in [-0.05, 0) is 57.4 Å². The molecular weight excluding hydrogens is 456 g/mol. The maximum absolute atomic E-state index is 2.50. The van der Waals surface area contributed by atoms with Crippen LogP contribution in [-0.4, -0.2) is 0 Å². The van der Waals surface area contributed by atoms with Crippen LogP contribution < -0.4 is 0 Å². The molecule has 0 N–H and O–H groups in total. The number of unbranched alkanes of at least 4 members (excludes halogenated alkanes) is 1. The van der Waals surface area contributed by atoms with Gasteiger partial charge in [-0.1, -0.05) is 148 Å². The summed E-state index contributed by atoms with van der Waals surface area (Å²) in [7, 11) is 0. The Kier molecular flexibility index (Phi) is 4.40. The fourth-order valence-corrected chi connectivity index (χ4v) is 9.32. The summed E-state index contributed by atoms with van der Waals surface area (Å²) < 4.78 is 0. The highest BCUT2D eigenvalue weighted by molar-refractivity contribution is 5.68. The van der Waals surface area contributed by atoms with Crippen LogP contribution in [0.1, 0.15) is 39.5 Å². The highest BCUT2D eigenvalue weighted by Crippen LogP contribution is 2.69. The lowest BCUT2D eigenvalue weighted by Crippen LogP contribution is -2.42. The molecule has 0 saturated carbocycles. The van der Waals surface area contributed by atoms with Crippen molar-refractivity contribution in [1.82, 2.24) is 0 Å². The van der Waals surface area contributed by atoms with E-state index in [2.05, 4.69) is 135 Å². The van der Waals surface area contributed by atoms with E-state index in [4.69, 9.17) is 0 Å². The Hall–Kier alpha value is -3.64. The van der Waals surface area contributed by atoms with Gasteiger partial charge in [-0.25, -0.2) is 0 Å². The van der Waals surface area contributed by atoms with E-state index in [-0.39, 0.29) is 21.7 Å². The van der Waals surface area contributed by atoms with Crippen LogP contribution in [0, 0.1) is 21.7 Å². The Bertz CT molecular complexity index is 1390. The number of hydrogen-bond acceptors (Lipinski definition) is 0. The van der Waals surface area contributed by atoms with E-state index in [1.165, 1.54) is 57.4 Å². The smallest absolute Gasteiger partial charge is 0.0337 e. The molecule has 0 radical (unpaired) electrons. The molecule has 0 spiro atoms. The van der Waals surface area contributed by atoms with Crippen molar-refractivity contribution in [3.8, 4) is 0 Å². The lowest BCUT2D eigenvalue weighted by molar-refractivity contribution is 0.199.